The van der Waals surface area contributed by atoms with Crippen LogP contribution in [0.15, 0.2) is 71.5 Å². The van der Waals surface area contributed by atoms with Crippen molar-refractivity contribution in [3.8, 4) is 11.4 Å². The van der Waals surface area contributed by atoms with Gasteiger partial charge in [-0.25, -0.2) is 4.98 Å². The number of aromatic nitrogens is 2. The van der Waals surface area contributed by atoms with Crippen molar-refractivity contribution in [2.24, 2.45) is 0 Å². The van der Waals surface area contributed by atoms with Gasteiger partial charge in [-0.15, -0.1) is 0 Å². The maximum absolute atomic E-state index is 13.5. The number of hydrogen-bond acceptors (Lipinski definition) is 3. The minimum atomic E-state index is 0.0990. The first-order chi connectivity index (χ1) is 13.6. The molecule has 4 nitrogen and oxygen atoms in total. The van der Waals surface area contributed by atoms with Crippen LogP contribution in [-0.4, -0.2) is 34.9 Å². The fourth-order valence-electron chi connectivity index (χ4n) is 4.02. The van der Waals surface area contributed by atoms with E-state index in [9.17, 15) is 4.79 Å². The molecule has 0 atom stereocenters. The molecule has 5 aromatic rings. The number of rotatable bonds is 4. The molecule has 0 radical (unpaired) electrons. The second-order valence-corrected chi connectivity index (χ2v) is 7.50. The molecule has 0 N–H and O–H groups in total. The van der Waals surface area contributed by atoms with Gasteiger partial charge in [0.25, 0.3) is 0 Å². The van der Waals surface area contributed by atoms with Crippen LogP contribution in [0.25, 0.3) is 38.7 Å². The summed E-state index contributed by atoms with van der Waals surface area (Å²) in [6.45, 7) is 0.896. The van der Waals surface area contributed by atoms with E-state index in [-0.39, 0.29) is 5.43 Å². The van der Waals surface area contributed by atoms with Gasteiger partial charge >= 0.3 is 0 Å². The second-order valence-electron chi connectivity index (χ2n) is 7.50. The third kappa shape index (κ3) is 2.49. The summed E-state index contributed by atoms with van der Waals surface area (Å²) in [5, 5.41) is 1.54. The van der Waals surface area contributed by atoms with E-state index in [0.29, 0.717) is 0 Å². The van der Waals surface area contributed by atoms with Gasteiger partial charge in [0.05, 0.1) is 21.9 Å². The lowest BCUT2D eigenvalue weighted by molar-refractivity contribution is 0.414. The van der Waals surface area contributed by atoms with E-state index in [1.54, 1.807) is 0 Å². The van der Waals surface area contributed by atoms with E-state index < -0.39 is 0 Å². The minimum absolute atomic E-state index is 0.0990. The second kappa shape index (κ2) is 6.43. The lowest BCUT2D eigenvalue weighted by atomic mass is 10.0. The number of pyridine rings is 1. The first kappa shape index (κ1) is 16.9. The fraction of sp³-hybridized carbons (Fsp3) is 0.167. The molecule has 0 aliphatic rings. The molecule has 3 aromatic carbocycles. The first-order valence-corrected chi connectivity index (χ1v) is 9.54. The standard InChI is InChI=1S/C24H21N3O/c1-26(2)15-14-16-12-13-19-22-21(16)23(28)18-10-6-7-11-20(18)27(22)24(25-19)17-8-4-3-5-9-17/h3-13H,14-15H2,1-2H3. The highest BCUT2D eigenvalue weighted by molar-refractivity contribution is 6.04. The highest BCUT2D eigenvalue weighted by atomic mass is 16.1. The van der Waals surface area contributed by atoms with E-state index in [1.807, 2.05) is 48.5 Å². The zero-order chi connectivity index (χ0) is 19.3. The lowest BCUT2D eigenvalue weighted by Crippen LogP contribution is -2.17. The number of imidazole rings is 1. The van der Waals surface area contributed by atoms with Crippen LogP contribution in [-0.2, 0) is 6.42 Å². The van der Waals surface area contributed by atoms with Crippen LogP contribution in [0.4, 0.5) is 0 Å². The Hall–Kier alpha value is -3.24. The van der Waals surface area contributed by atoms with Crippen molar-refractivity contribution in [2.75, 3.05) is 20.6 Å². The molecule has 0 amide bonds. The topological polar surface area (TPSA) is 37.6 Å². The molecule has 0 saturated heterocycles. The molecule has 2 aromatic heterocycles. The van der Waals surface area contributed by atoms with Gasteiger partial charge in [-0.05, 0) is 44.3 Å². The Labute approximate surface area is 163 Å². The molecule has 0 aliphatic heterocycles. The van der Waals surface area contributed by atoms with Crippen molar-refractivity contribution >= 4 is 27.3 Å². The van der Waals surface area contributed by atoms with Gasteiger partial charge in [-0.3, -0.25) is 9.20 Å². The lowest BCUT2D eigenvalue weighted by Gasteiger charge is -2.13. The zero-order valence-electron chi connectivity index (χ0n) is 16.0. The summed E-state index contributed by atoms with van der Waals surface area (Å²) in [6, 6.07) is 22.1. The number of likely N-dealkylation sites (N-methyl/N-ethyl adjacent to an activating group) is 1. The molecule has 0 spiro atoms. The van der Waals surface area contributed by atoms with Crippen LogP contribution in [0.3, 0.4) is 0 Å². The molecular weight excluding hydrogens is 346 g/mol. The Morgan fingerprint density at radius 3 is 2.46 bits per heavy atom. The third-order valence-corrected chi connectivity index (χ3v) is 5.38. The summed E-state index contributed by atoms with van der Waals surface area (Å²) in [4.78, 5) is 20.5. The molecule has 0 unspecified atom stereocenters. The first-order valence-electron chi connectivity index (χ1n) is 9.54. The van der Waals surface area contributed by atoms with Crippen molar-refractivity contribution in [1.29, 1.82) is 0 Å². The normalized spacial score (nSPS) is 12.0. The van der Waals surface area contributed by atoms with Crippen LogP contribution in [0.1, 0.15) is 5.56 Å². The van der Waals surface area contributed by atoms with Crippen molar-refractivity contribution in [3.05, 3.63) is 82.5 Å². The molecule has 28 heavy (non-hydrogen) atoms. The maximum Gasteiger partial charge on any atom is 0.197 e. The number of benzene rings is 3. The smallest absolute Gasteiger partial charge is 0.197 e. The number of nitrogens with zero attached hydrogens (tertiary/aromatic N) is 3. The van der Waals surface area contributed by atoms with E-state index in [1.165, 1.54) is 0 Å². The average Bonchev–Trinajstić information content (AvgIpc) is 3.11. The van der Waals surface area contributed by atoms with Crippen molar-refractivity contribution in [2.45, 2.75) is 6.42 Å². The Bertz CT molecular complexity index is 1350. The van der Waals surface area contributed by atoms with Crippen LogP contribution >= 0.6 is 0 Å². The van der Waals surface area contributed by atoms with Crippen molar-refractivity contribution < 1.29 is 0 Å². The largest absolute Gasteiger partial charge is 0.309 e. The van der Waals surface area contributed by atoms with Gasteiger partial charge in [-0.1, -0.05) is 48.5 Å². The van der Waals surface area contributed by atoms with E-state index >= 15 is 0 Å². The fourth-order valence-corrected chi connectivity index (χ4v) is 4.02. The Balaban J connectivity index is 1.95. The van der Waals surface area contributed by atoms with Gasteiger partial charge in [0, 0.05) is 17.5 Å². The summed E-state index contributed by atoms with van der Waals surface area (Å²) in [5.41, 5.74) is 4.93. The molecule has 0 fully saturated rings. The van der Waals surface area contributed by atoms with Crippen LogP contribution in [0.5, 0.6) is 0 Å². The summed E-state index contributed by atoms with van der Waals surface area (Å²) < 4.78 is 2.16. The van der Waals surface area contributed by atoms with Gasteiger partial charge in [-0.2, -0.15) is 0 Å². The quantitative estimate of drug-likeness (QED) is 0.447. The predicted molar refractivity (Wildman–Crippen MR) is 115 cm³/mol. The van der Waals surface area contributed by atoms with E-state index in [4.69, 9.17) is 4.98 Å². The summed E-state index contributed by atoms with van der Waals surface area (Å²) in [5.74, 6) is 0.876. The number of hydrogen-bond donors (Lipinski definition) is 0. The number of para-hydroxylation sites is 1. The van der Waals surface area contributed by atoms with Gasteiger partial charge in [0.15, 0.2) is 5.43 Å². The monoisotopic (exact) mass is 367 g/mol. The Morgan fingerprint density at radius 1 is 0.929 bits per heavy atom. The molecule has 138 valence electrons. The van der Waals surface area contributed by atoms with Crippen LogP contribution in [0, 0.1) is 0 Å². The molecule has 0 aliphatic carbocycles. The molecule has 0 saturated carbocycles. The van der Waals surface area contributed by atoms with E-state index in [2.05, 4.69) is 41.6 Å². The van der Waals surface area contributed by atoms with E-state index in [0.717, 1.165) is 57.2 Å². The van der Waals surface area contributed by atoms with Gasteiger partial charge in [0.1, 0.15) is 5.82 Å². The summed E-state index contributed by atoms with van der Waals surface area (Å²) in [7, 11) is 4.11. The molecule has 4 heteroatoms. The summed E-state index contributed by atoms with van der Waals surface area (Å²) in [6.07, 6.45) is 0.831. The third-order valence-electron chi connectivity index (χ3n) is 5.38. The van der Waals surface area contributed by atoms with Gasteiger partial charge in [0.2, 0.25) is 0 Å². The van der Waals surface area contributed by atoms with Gasteiger partial charge < -0.3 is 4.90 Å². The predicted octanol–water partition coefficient (Wildman–Crippen LogP) is 4.21. The average molecular weight is 367 g/mol. The van der Waals surface area contributed by atoms with Crippen LogP contribution < -0.4 is 5.43 Å². The molecular formula is C24H21N3O. The summed E-state index contributed by atoms with van der Waals surface area (Å²) >= 11 is 0. The highest BCUT2D eigenvalue weighted by Crippen LogP contribution is 2.31. The Morgan fingerprint density at radius 2 is 1.68 bits per heavy atom. The SMILES string of the molecule is CN(C)CCc1ccc2nc(-c3ccccc3)n3c4ccccc4c(=O)c1c23. The van der Waals surface area contributed by atoms with Crippen LogP contribution in [0.2, 0.25) is 0 Å². The Kier molecular flexibility index (Phi) is 3.88. The number of fused-ring (bicyclic) bond motifs is 2. The molecule has 2 heterocycles. The zero-order valence-corrected chi connectivity index (χ0v) is 16.0. The van der Waals surface area contributed by atoms with Crippen molar-refractivity contribution in [1.82, 2.24) is 14.3 Å². The van der Waals surface area contributed by atoms with Crippen molar-refractivity contribution in [3.63, 3.8) is 0 Å². The molecule has 0 bridgehead atoms. The molecule has 5 rings (SSSR count). The highest BCUT2D eigenvalue weighted by Gasteiger charge is 2.20. The minimum Gasteiger partial charge on any atom is -0.309 e. The maximum atomic E-state index is 13.5.